The summed E-state index contributed by atoms with van der Waals surface area (Å²) in [5.74, 6) is -1.75. The maximum absolute atomic E-state index is 15.1. The number of rotatable bonds is 9. The number of thiazole rings is 1. The Labute approximate surface area is 244 Å². The highest BCUT2D eigenvalue weighted by Gasteiger charge is 2.29. The zero-order valence-corrected chi connectivity index (χ0v) is 23.6. The SMILES string of the molecule is NS(=O)(=O)c1ccc(Cc2c(CC3CC3)nn(-c3nc(C(=O)O)cs3)c2-c2ccc(F)c(-c3cccc(F)c3)c2)cc1. The van der Waals surface area contributed by atoms with Crippen molar-refractivity contribution in [3.8, 4) is 27.5 Å². The first-order valence-electron chi connectivity index (χ1n) is 13.0. The fraction of sp³-hybridized carbons (Fsp3) is 0.167. The van der Waals surface area contributed by atoms with E-state index in [0.29, 0.717) is 40.7 Å². The molecule has 214 valence electrons. The number of aromatic nitrogens is 3. The van der Waals surface area contributed by atoms with E-state index in [1.54, 1.807) is 35.0 Å². The van der Waals surface area contributed by atoms with E-state index in [4.69, 9.17) is 10.2 Å². The highest BCUT2D eigenvalue weighted by Crippen LogP contribution is 2.39. The number of aromatic carboxylic acids is 1. The van der Waals surface area contributed by atoms with Gasteiger partial charge in [0.1, 0.15) is 11.6 Å². The molecule has 0 aliphatic heterocycles. The Kier molecular flexibility index (Phi) is 7.21. The first-order chi connectivity index (χ1) is 20.1. The van der Waals surface area contributed by atoms with Crippen molar-refractivity contribution >= 4 is 27.3 Å². The summed E-state index contributed by atoms with van der Waals surface area (Å²) in [6, 6.07) is 16.4. The smallest absolute Gasteiger partial charge is 0.355 e. The molecule has 0 saturated heterocycles. The van der Waals surface area contributed by atoms with Gasteiger partial charge >= 0.3 is 5.97 Å². The van der Waals surface area contributed by atoms with Crippen LogP contribution in [-0.4, -0.2) is 34.3 Å². The Hall–Kier alpha value is -4.26. The first kappa shape index (κ1) is 27.9. The van der Waals surface area contributed by atoms with E-state index in [9.17, 15) is 22.7 Å². The predicted molar refractivity (Wildman–Crippen MR) is 154 cm³/mol. The topological polar surface area (TPSA) is 128 Å². The molecule has 5 aromatic rings. The standard InChI is InChI=1S/C30H24F2N4O4S2/c31-21-3-1-2-19(14-21)23-15-20(8-11-25(23)32)28-24(12-17-6-9-22(10-7-17)42(33,39)40)26(13-18-4-5-18)35-36(28)30-34-27(16-41-30)29(37)38/h1-3,6-11,14-16,18H,4-5,12-13H2,(H,37,38)(H2,33,39,40). The highest BCUT2D eigenvalue weighted by molar-refractivity contribution is 7.89. The minimum atomic E-state index is -3.87. The van der Waals surface area contributed by atoms with Crippen LogP contribution in [0.2, 0.25) is 0 Å². The molecule has 0 spiro atoms. The second kappa shape index (κ2) is 10.9. The molecule has 0 unspecified atom stereocenters. The lowest BCUT2D eigenvalue weighted by atomic mass is 9.95. The van der Waals surface area contributed by atoms with E-state index >= 15 is 4.39 Å². The molecule has 2 aromatic heterocycles. The zero-order chi connectivity index (χ0) is 29.6. The van der Waals surface area contributed by atoms with Crippen molar-refractivity contribution in [1.82, 2.24) is 14.8 Å². The molecule has 1 saturated carbocycles. The summed E-state index contributed by atoms with van der Waals surface area (Å²) >= 11 is 1.12. The van der Waals surface area contributed by atoms with Gasteiger partial charge in [-0.2, -0.15) is 5.10 Å². The average Bonchev–Trinajstić information content (AvgIpc) is 3.50. The number of hydrogen-bond donors (Lipinski definition) is 2. The number of sulfonamides is 1. The Bertz CT molecular complexity index is 1930. The van der Waals surface area contributed by atoms with Crippen molar-refractivity contribution in [3.63, 3.8) is 0 Å². The van der Waals surface area contributed by atoms with Crippen LogP contribution in [0.4, 0.5) is 8.78 Å². The van der Waals surface area contributed by atoms with Crippen molar-refractivity contribution in [3.05, 3.63) is 106 Å². The second-order valence-electron chi connectivity index (χ2n) is 10.2. The van der Waals surface area contributed by atoms with Gasteiger partial charge in [0.15, 0.2) is 5.69 Å². The van der Waals surface area contributed by atoms with Crippen molar-refractivity contribution in [2.75, 3.05) is 0 Å². The summed E-state index contributed by atoms with van der Waals surface area (Å²) in [7, 11) is -3.87. The lowest BCUT2D eigenvalue weighted by Gasteiger charge is -2.12. The van der Waals surface area contributed by atoms with Crippen LogP contribution in [0.25, 0.3) is 27.5 Å². The Morgan fingerprint density at radius 3 is 2.45 bits per heavy atom. The van der Waals surface area contributed by atoms with Crippen LogP contribution in [0.3, 0.4) is 0 Å². The summed E-state index contributed by atoms with van der Waals surface area (Å²) in [5.41, 5.74) is 3.98. The maximum atomic E-state index is 15.1. The highest BCUT2D eigenvalue weighted by atomic mass is 32.2. The second-order valence-corrected chi connectivity index (χ2v) is 12.6. The van der Waals surface area contributed by atoms with Gasteiger partial charge < -0.3 is 5.11 Å². The summed E-state index contributed by atoms with van der Waals surface area (Å²) < 4.78 is 54.3. The number of halogens is 2. The predicted octanol–water partition coefficient (Wildman–Crippen LogP) is 5.83. The maximum Gasteiger partial charge on any atom is 0.355 e. The minimum Gasteiger partial charge on any atom is -0.476 e. The van der Waals surface area contributed by atoms with Gasteiger partial charge in [-0.05, 0) is 78.8 Å². The Balaban J connectivity index is 1.55. The number of carboxylic acid groups (broad SMARTS) is 1. The van der Waals surface area contributed by atoms with Gasteiger partial charge in [0, 0.05) is 28.5 Å². The molecular weight excluding hydrogens is 582 g/mol. The molecule has 12 heteroatoms. The molecule has 0 radical (unpaired) electrons. The molecule has 42 heavy (non-hydrogen) atoms. The van der Waals surface area contributed by atoms with Crippen molar-refractivity contribution in [2.24, 2.45) is 11.1 Å². The normalized spacial score (nSPS) is 13.4. The van der Waals surface area contributed by atoms with Crippen LogP contribution in [0.5, 0.6) is 0 Å². The fourth-order valence-electron chi connectivity index (χ4n) is 4.89. The minimum absolute atomic E-state index is 0.0115. The third kappa shape index (κ3) is 5.73. The number of primary sulfonamides is 1. The molecule has 3 N–H and O–H groups in total. The van der Waals surface area contributed by atoms with Crippen molar-refractivity contribution in [1.29, 1.82) is 0 Å². The third-order valence-corrected chi connectivity index (χ3v) is 8.89. The number of carbonyl (C=O) groups is 1. The van der Waals surface area contributed by atoms with Gasteiger partial charge in [-0.15, -0.1) is 11.3 Å². The van der Waals surface area contributed by atoms with Gasteiger partial charge in [0.05, 0.1) is 16.3 Å². The largest absolute Gasteiger partial charge is 0.476 e. The molecule has 8 nitrogen and oxygen atoms in total. The van der Waals surface area contributed by atoms with E-state index in [2.05, 4.69) is 4.98 Å². The molecule has 1 aliphatic carbocycles. The molecule has 0 bridgehead atoms. The molecule has 3 aromatic carbocycles. The van der Waals surface area contributed by atoms with Gasteiger partial charge in [-0.1, -0.05) is 24.3 Å². The van der Waals surface area contributed by atoms with E-state index in [0.717, 1.165) is 41.0 Å². The number of hydrogen-bond acceptors (Lipinski definition) is 6. The lowest BCUT2D eigenvalue weighted by molar-refractivity contribution is 0.0691. The quantitative estimate of drug-likeness (QED) is 0.217. The molecule has 2 heterocycles. The van der Waals surface area contributed by atoms with Gasteiger partial charge in [-0.25, -0.2) is 36.8 Å². The number of nitrogens with two attached hydrogens (primary N) is 1. The lowest BCUT2D eigenvalue weighted by Crippen LogP contribution is -2.11. The van der Waals surface area contributed by atoms with Gasteiger partial charge in [-0.3, -0.25) is 0 Å². The van der Waals surface area contributed by atoms with E-state index in [-0.39, 0.29) is 16.2 Å². The van der Waals surface area contributed by atoms with E-state index in [1.165, 1.54) is 41.8 Å². The first-order valence-corrected chi connectivity index (χ1v) is 15.5. The van der Waals surface area contributed by atoms with Crippen LogP contribution < -0.4 is 5.14 Å². The monoisotopic (exact) mass is 606 g/mol. The molecule has 1 aliphatic rings. The van der Waals surface area contributed by atoms with Crippen LogP contribution in [0.1, 0.15) is 40.2 Å². The molecule has 1 fully saturated rings. The van der Waals surface area contributed by atoms with Gasteiger partial charge in [0.25, 0.3) is 0 Å². The molecule has 0 atom stereocenters. The Morgan fingerprint density at radius 2 is 1.81 bits per heavy atom. The molecule has 6 rings (SSSR count). The summed E-state index contributed by atoms with van der Waals surface area (Å²) in [6.45, 7) is 0. The van der Waals surface area contributed by atoms with Crippen molar-refractivity contribution in [2.45, 2.75) is 30.6 Å². The van der Waals surface area contributed by atoms with Crippen LogP contribution in [0, 0.1) is 17.6 Å². The molecular formula is C30H24F2N4O4S2. The summed E-state index contributed by atoms with van der Waals surface area (Å²) in [4.78, 5) is 15.9. The zero-order valence-electron chi connectivity index (χ0n) is 22.0. The number of carboxylic acids is 1. The Morgan fingerprint density at radius 1 is 1.05 bits per heavy atom. The van der Waals surface area contributed by atoms with Crippen LogP contribution in [0.15, 0.2) is 77.0 Å². The van der Waals surface area contributed by atoms with Crippen LogP contribution >= 0.6 is 11.3 Å². The third-order valence-electron chi connectivity index (χ3n) is 7.15. The summed E-state index contributed by atoms with van der Waals surface area (Å²) in [5, 5.41) is 21.4. The van der Waals surface area contributed by atoms with E-state index in [1.807, 2.05) is 0 Å². The van der Waals surface area contributed by atoms with E-state index < -0.39 is 27.6 Å². The average molecular weight is 607 g/mol. The number of nitrogens with zero attached hydrogens (tertiary/aromatic N) is 3. The van der Waals surface area contributed by atoms with Crippen LogP contribution in [-0.2, 0) is 22.9 Å². The fourth-order valence-corrected chi connectivity index (χ4v) is 6.16. The summed E-state index contributed by atoms with van der Waals surface area (Å²) in [6.07, 6.45) is 3.16. The molecule has 0 amide bonds. The number of benzene rings is 3. The van der Waals surface area contributed by atoms with Crippen molar-refractivity contribution < 1.29 is 27.1 Å². The van der Waals surface area contributed by atoms with Gasteiger partial charge in [0.2, 0.25) is 15.2 Å².